The second-order valence-electron chi connectivity index (χ2n) is 4.22. The van der Waals surface area contributed by atoms with Crippen LogP contribution in [0.3, 0.4) is 0 Å². The number of hydrogen-bond donors (Lipinski definition) is 1. The first-order valence-corrected chi connectivity index (χ1v) is 6.93. The first-order valence-electron chi connectivity index (χ1n) is 6.05. The quantitative estimate of drug-likeness (QED) is 0.800. The SMILES string of the molecule is COc1ccc(C(=O)Nc2ccc3ncsc3c2)cc1. The number of methoxy groups -OCH3 is 1. The summed E-state index contributed by atoms with van der Waals surface area (Å²) in [5.41, 5.74) is 4.09. The summed E-state index contributed by atoms with van der Waals surface area (Å²) in [5, 5.41) is 2.88. The molecule has 0 saturated carbocycles. The molecule has 4 nitrogen and oxygen atoms in total. The predicted octanol–water partition coefficient (Wildman–Crippen LogP) is 3.56. The highest BCUT2D eigenvalue weighted by Crippen LogP contribution is 2.22. The fourth-order valence-electron chi connectivity index (χ4n) is 1.88. The number of carbonyl (C=O) groups excluding carboxylic acids is 1. The van der Waals surface area contributed by atoms with Gasteiger partial charge in [-0.25, -0.2) is 4.98 Å². The van der Waals surface area contributed by atoms with Gasteiger partial charge in [-0.3, -0.25) is 4.79 Å². The fraction of sp³-hybridized carbons (Fsp3) is 0.0667. The van der Waals surface area contributed by atoms with Crippen LogP contribution < -0.4 is 10.1 Å². The van der Waals surface area contributed by atoms with Crippen LogP contribution in [0.5, 0.6) is 5.75 Å². The second kappa shape index (κ2) is 5.30. The third kappa shape index (κ3) is 2.48. The molecule has 1 amide bonds. The van der Waals surface area contributed by atoms with Gasteiger partial charge >= 0.3 is 0 Å². The number of rotatable bonds is 3. The number of hydrogen-bond acceptors (Lipinski definition) is 4. The first-order chi connectivity index (χ1) is 9.76. The lowest BCUT2D eigenvalue weighted by molar-refractivity contribution is 0.102. The van der Waals surface area contributed by atoms with Crippen molar-refractivity contribution < 1.29 is 9.53 Å². The molecule has 100 valence electrons. The summed E-state index contributed by atoms with van der Waals surface area (Å²) in [7, 11) is 1.60. The lowest BCUT2D eigenvalue weighted by Crippen LogP contribution is -2.11. The molecule has 0 spiro atoms. The Hall–Kier alpha value is -2.40. The molecule has 5 heteroatoms. The van der Waals surface area contributed by atoms with Crippen LogP contribution in [0.2, 0.25) is 0 Å². The Morgan fingerprint density at radius 1 is 1.20 bits per heavy atom. The lowest BCUT2D eigenvalue weighted by Gasteiger charge is -2.06. The van der Waals surface area contributed by atoms with Crippen LogP contribution in [-0.2, 0) is 0 Å². The molecule has 2 aromatic carbocycles. The third-order valence-corrected chi connectivity index (χ3v) is 3.73. The molecule has 1 aromatic heterocycles. The monoisotopic (exact) mass is 284 g/mol. The normalized spacial score (nSPS) is 10.4. The van der Waals surface area contributed by atoms with E-state index >= 15 is 0 Å². The van der Waals surface area contributed by atoms with E-state index in [9.17, 15) is 4.79 Å². The van der Waals surface area contributed by atoms with Crippen LogP contribution in [-0.4, -0.2) is 18.0 Å². The summed E-state index contributed by atoms with van der Waals surface area (Å²) < 4.78 is 6.12. The minimum atomic E-state index is -0.142. The summed E-state index contributed by atoms with van der Waals surface area (Å²) in [6.07, 6.45) is 0. The van der Waals surface area contributed by atoms with Crippen molar-refractivity contribution in [1.82, 2.24) is 4.98 Å². The van der Waals surface area contributed by atoms with Gasteiger partial charge in [-0.2, -0.15) is 0 Å². The minimum Gasteiger partial charge on any atom is -0.497 e. The zero-order valence-electron chi connectivity index (χ0n) is 10.8. The van der Waals surface area contributed by atoms with Crippen molar-refractivity contribution in [3.8, 4) is 5.75 Å². The predicted molar refractivity (Wildman–Crippen MR) is 80.6 cm³/mol. The van der Waals surface area contributed by atoms with Crippen molar-refractivity contribution in [2.45, 2.75) is 0 Å². The number of benzene rings is 2. The zero-order valence-corrected chi connectivity index (χ0v) is 11.6. The molecule has 3 rings (SSSR count). The van der Waals surface area contributed by atoms with Crippen molar-refractivity contribution in [3.05, 3.63) is 53.5 Å². The van der Waals surface area contributed by atoms with E-state index < -0.39 is 0 Å². The molecule has 0 aliphatic rings. The van der Waals surface area contributed by atoms with Crippen molar-refractivity contribution in [2.24, 2.45) is 0 Å². The smallest absolute Gasteiger partial charge is 0.255 e. The Kier molecular flexibility index (Phi) is 3.35. The average molecular weight is 284 g/mol. The molecule has 0 bridgehead atoms. The molecule has 20 heavy (non-hydrogen) atoms. The molecule has 1 heterocycles. The largest absolute Gasteiger partial charge is 0.497 e. The molecule has 0 fully saturated rings. The van der Waals surface area contributed by atoms with Gasteiger partial charge in [0.1, 0.15) is 5.75 Å². The lowest BCUT2D eigenvalue weighted by atomic mass is 10.2. The number of anilines is 1. The maximum atomic E-state index is 12.1. The van der Waals surface area contributed by atoms with Crippen molar-refractivity contribution >= 4 is 33.1 Å². The van der Waals surface area contributed by atoms with Crippen LogP contribution in [0.25, 0.3) is 10.2 Å². The van der Waals surface area contributed by atoms with Crippen LogP contribution in [0.4, 0.5) is 5.69 Å². The molecular weight excluding hydrogens is 272 g/mol. The molecule has 0 aliphatic carbocycles. The van der Waals surface area contributed by atoms with Crippen molar-refractivity contribution in [2.75, 3.05) is 12.4 Å². The Morgan fingerprint density at radius 3 is 2.75 bits per heavy atom. The van der Waals surface area contributed by atoms with Gasteiger partial charge in [-0.1, -0.05) is 0 Å². The second-order valence-corrected chi connectivity index (χ2v) is 5.10. The number of carbonyl (C=O) groups is 1. The average Bonchev–Trinajstić information content (AvgIpc) is 2.95. The van der Waals surface area contributed by atoms with Gasteiger partial charge in [-0.05, 0) is 42.5 Å². The topological polar surface area (TPSA) is 51.2 Å². The van der Waals surface area contributed by atoms with Gasteiger partial charge in [0.15, 0.2) is 0 Å². The standard InChI is InChI=1S/C15H12N2O2S/c1-19-12-5-2-10(3-6-12)15(18)17-11-4-7-13-14(8-11)20-9-16-13/h2-9H,1H3,(H,17,18). The molecule has 1 N–H and O–H groups in total. The van der Waals surface area contributed by atoms with E-state index in [1.807, 2.05) is 18.2 Å². The Labute approximate surface area is 120 Å². The van der Waals surface area contributed by atoms with Gasteiger partial charge < -0.3 is 10.1 Å². The number of nitrogens with one attached hydrogen (secondary N) is 1. The van der Waals surface area contributed by atoms with Crippen LogP contribution >= 0.6 is 11.3 Å². The number of thiazole rings is 1. The van der Waals surface area contributed by atoms with E-state index in [1.54, 1.807) is 48.2 Å². The highest BCUT2D eigenvalue weighted by molar-refractivity contribution is 7.16. The summed E-state index contributed by atoms with van der Waals surface area (Å²) in [5.74, 6) is 0.587. The van der Waals surface area contributed by atoms with Crippen molar-refractivity contribution in [3.63, 3.8) is 0 Å². The van der Waals surface area contributed by atoms with Crippen LogP contribution in [0.15, 0.2) is 48.0 Å². The van der Waals surface area contributed by atoms with Gasteiger partial charge in [0, 0.05) is 11.3 Å². The number of fused-ring (bicyclic) bond motifs is 1. The van der Waals surface area contributed by atoms with E-state index in [-0.39, 0.29) is 5.91 Å². The van der Waals surface area contributed by atoms with E-state index in [4.69, 9.17) is 4.74 Å². The highest BCUT2D eigenvalue weighted by atomic mass is 32.1. The summed E-state index contributed by atoms with van der Waals surface area (Å²) in [4.78, 5) is 16.3. The van der Waals surface area contributed by atoms with Crippen molar-refractivity contribution in [1.29, 1.82) is 0 Å². The minimum absolute atomic E-state index is 0.142. The summed E-state index contributed by atoms with van der Waals surface area (Å²) in [6, 6.07) is 12.7. The van der Waals surface area contributed by atoms with Crippen LogP contribution in [0, 0.1) is 0 Å². The van der Waals surface area contributed by atoms with E-state index in [2.05, 4.69) is 10.3 Å². The number of ether oxygens (including phenoxy) is 1. The van der Waals surface area contributed by atoms with Gasteiger partial charge in [0.25, 0.3) is 5.91 Å². The highest BCUT2D eigenvalue weighted by Gasteiger charge is 2.07. The molecule has 0 radical (unpaired) electrons. The number of aromatic nitrogens is 1. The Balaban J connectivity index is 1.80. The maximum absolute atomic E-state index is 12.1. The van der Waals surface area contributed by atoms with Gasteiger partial charge in [-0.15, -0.1) is 11.3 Å². The third-order valence-electron chi connectivity index (χ3n) is 2.94. The molecule has 0 aliphatic heterocycles. The van der Waals surface area contributed by atoms with Crippen LogP contribution in [0.1, 0.15) is 10.4 Å². The van der Waals surface area contributed by atoms with E-state index in [1.165, 1.54) is 0 Å². The van der Waals surface area contributed by atoms with E-state index in [0.717, 1.165) is 21.7 Å². The van der Waals surface area contributed by atoms with E-state index in [0.29, 0.717) is 5.56 Å². The summed E-state index contributed by atoms with van der Waals surface area (Å²) in [6.45, 7) is 0. The summed E-state index contributed by atoms with van der Waals surface area (Å²) >= 11 is 1.55. The zero-order chi connectivity index (χ0) is 13.9. The number of amides is 1. The fourth-order valence-corrected chi connectivity index (χ4v) is 2.59. The molecular formula is C15H12N2O2S. The molecule has 0 saturated heterocycles. The van der Waals surface area contributed by atoms with Gasteiger partial charge in [0.2, 0.25) is 0 Å². The first kappa shape index (κ1) is 12.6. The number of nitrogens with zero attached hydrogens (tertiary/aromatic N) is 1. The molecule has 3 aromatic rings. The Morgan fingerprint density at radius 2 is 2.00 bits per heavy atom. The van der Waals surface area contributed by atoms with Gasteiger partial charge in [0.05, 0.1) is 22.8 Å². The Bertz CT molecular complexity index is 750. The molecule has 0 atom stereocenters. The maximum Gasteiger partial charge on any atom is 0.255 e. The molecule has 0 unspecified atom stereocenters.